The van der Waals surface area contributed by atoms with Crippen LogP contribution in [0, 0.1) is 17.7 Å². The lowest BCUT2D eigenvalue weighted by Crippen LogP contribution is -2.61. The Morgan fingerprint density at radius 2 is 1.82 bits per heavy atom. The molecule has 6 atom stereocenters. The van der Waals surface area contributed by atoms with Gasteiger partial charge in [0.1, 0.15) is 17.9 Å². The molecule has 3 amide bonds. The van der Waals surface area contributed by atoms with Crippen molar-refractivity contribution < 1.29 is 37.5 Å². The topological polar surface area (TPSA) is 140 Å². The van der Waals surface area contributed by atoms with E-state index in [1.165, 1.54) is 42.7 Å². The van der Waals surface area contributed by atoms with Crippen LogP contribution < -0.4 is 5.32 Å². The largest absolute Gasteiger partial charge is 0.363 e. The maximum atomic E-state index is 14.3. The number of aromatic nitrogens is 1. The average Bonchev–Trinajstić information content (AvgIpc) is 3.59. The second kappa shape index (κ2) is 11.5. The molecule has 10 nitrogen and oxygen atoms in total. The number of hydrogen-bond acceptors (Lipinski definition) is 6. The Morgan fingerprint density at radius 1 is 1.07 bits per heavy atom. The molecule has 4 fully saturated rings. The first kappa shape index (κ1) is 30.4. The van der Waals surface area contributed by atoms with E-state index in [9.17, 15) is 37.5 Å². The highest BCUT2D eigenvalue weighted by Gasteiger charge is 2.50. The lowest BCUT2D eigenvalue weighted by Gasteiger charge is -2.47. The maximum Gasteiger partial charge on any atom is 0.363 e. The third kappa shape index (κ3) is 5.58. The number of benzene rings is 1. The highest BCUT2D eigenvalue weighted by atomic mass is 32.1. The number of alkyl halides is 1. The van der Waals surface area contributed by atoms with Crippen LogP contribution in [-0.4, -0.2) is 73.5 Å². The molecular weight excluding hydrogens is 625 g/mol. The lowest BCUT2D eigenvalue weighted by atomic mass is 9.67. The zero-order valence-corrected chi connectivity index (χ0v) is 25.9. The molecule has 0 bridgehead atoms. The first-order chi connectivity index (χ1) is 21.5. The predicted molar refractivity (Wildman–Crippen MR) is 162 cm³/mol. The third-order valence-corrected chi connectivity index (χ3v) is 12.1. The third-order valence-electron chi connectivity index (χ3n) is 10.1. The highest BCUT2D eigenvalue weighted by molar-refractivity contribution is 7.51. The van der Waals surface area contributed by atoms with E-state index in [1.807, 2.05) is 0 Å². The second-order valence-electron chi connectivity index (χ2n) is 12.8. The van der Waals surface area contributed by atoms with Crippen LogP contribution in [0.15, 0.2) is 42.7 Å². The van der Waals surface area contributed by atoms with Crippen molar-refractivity contribution in [2.24, 2.45) is 11.8 Å². The molecule has 3 aliphatic heterocycles. The SMILES string of the molecule is O=C(N[C@H]1C[C@H]2CC[C@H]2C[C@H]2CC[C@@H](C(=O)N3CC(c4cnccc4F)C3)N2C1=O)c1cc2cc(C(F)P(=O)(O)O)ccc2s1. The number of carbonyl (C=O) groups excluding carboxylic acids is 3. The van der Waals surface area contributed by atoms with Crippen LogP contribution in [0.2, 0.25) is 0 Å². The fourth-order valence-corrected chi connectivity index (χ4v) is 9.00. The minimum Gasteiger partial charge on any atom is -0.340 e. The van der Waals surface area contributed by atoms with Gasteiger partial charge in [-0.1, -0.05) is 6.07 Å². The van der Waals surface area contributed by atoms with E-state index in [0.717, 1.165) is 30.6 Å². The summed E-state index contributed by atoms with van der Waals surface area (Å²) in [4.78, 5) is 67.5. The number of rotatable bonds is 6. The van der Waals surface area contributed by atoms with Gasteiger partial charge in [-0.2, -0.15) is 0 Å². The van der Waals surface area contributed by atoms with Gasteiger partial charge in [-0.15, -0.1) is 11.3 Å². The van der Waals surface area contributed by atoms with Crippen molar-refractivity contribution in [1.29, 1.82) is 0 Å². The molecule has 4 aliphatic rings. The summed E-state index contributed by atoms with van der Waals surface area (Å²) in [5.41, 5.74) is 0.303. The first-order valence-electron chi connectivity index (χ1n) is 15.2. The summed E-state index contributed by atoms with van der Waals surface area (Å²) < 4.78 is 40.6. The summed E-state index contributed by atoms with van der Waals surface area (Å²) in [5.74, 6) is -3.11. The van der Waals surface area contributed by atoms with Crippen LogP contribution in [0.25, 0.3) is 10.1 Å². The van der Waals surface area contributed by atoms with Gasteiger partial charge in [0, 0.05) is 47.7 Å². The summed E-state index contributed by atoms with van der Waals surface area (Å²) >= 11 is 1.14. The van der Waals surface area contributed by atoms with Crippen LogP contribution in [0.5, 0.6) is 0 Å². The summed E-state index contributed by atoms with van der Waals surface area (Å²) in [5, 5.41) is 3.40. The van der Waals surface area contributed by atoms with Gasteiger partial charge in [-0.05, 0) is 85.6 Å². The molecule has 45 heavy (non-hydrogen) atoms. The average molecular weight is 659 g/mol. The number of fused-ring (bicyclic) bond motifs is 3. The van der Waals surface area contributed by atoms with Crippen molar-refractivity contribution >= 4 is 46.7 Å². The van der Waals surface area contributed by atoms with Crippen LogP contribution in [0.3, 0.4) is 0 Å². The maximum absolute atomic E-state index is 14.3. The van der Waals surface area contributed by atoms with Gasteiger partial charge in [0.15, 0.2) is 0 Å². The molecule has 3 aromatic rings. The Kier molecular flexibility index (Phi) is 7.79. The van der Waals surface area contributed by atoms with Crippen LogP contribution in [0.1, 0.15) is 71.2 Å². The molecule has 0 radical (unpaired) electrons. The molecule has 7 rings (SSSR count). The lowest BCUT2D eigenvalue weighted by molar-refractivity contribution is -0.151. The van der Waals surface area contributed by atoms with Crippen LogP contribution in [-0.2, 0) is 14.2 Å². The van der Waals surface area contributed by atoms with Gasteiger partial charge >= 0.3 is 7.60 Å². The van der Waals surface area contributed by atoms with E-state index in [4.69, 9.17) is 0 Å². The quantitative estimate of drug-likeness (QED) is 0.332. The van der Waals surface area contributed by atoms with Crippen molar-refractivity contribution in [3.8, 4) is 0 Å². The Balaban J connectivity index is 1.08. The molecule has 14 heteroatoms. The minimum absolute atomic E-state index is 0.0859. The van der Waals surface area contributed by atoms with Gasteiger partial charge < -0.3 is 24.9 Å². The first-order valence-corrected chi connectivity index (χ1v) is 17.7. The fraction of sp³-hybridized carbons (Fsp3) is 0.484. The monoisotopic (exact) mass is 658 g/mol. The number of likely N-dealkylation sites (tertiary alicyclic amines) is 1. The molecule has 1 aromatic carbocycles. The van der Waals surface area contributed by atoms with E-state index in [2.05, 4.69) is 10.3 Å². The molecule has 1 unspecified atom stereocenters. The van der Waals surface area contributed by atoms with Gasteiger partial charge in [-0.25, -0.2) is 8.78 Å². The standard InChI is InChI=1S/C31H33F2N4O6PS/c32-23-7-8-34-13-22(23)20-14-36(15-20)31(40)25-5-4-21-10-16-1-2-17(16)11-24(30(39)37(21)25)35-29(38)27-12-19-9-18(3-6-26(19)45-27)28(33)44(41,42)43/h3,6-9,12-13,16-17,20-21,24-25,28H,1-2,4-5,10-11,14-15H2,(H,35,38)(H2,41,42,43)/t16-,17+,21+,24-,25-,28?/m0/s1. The normalized spacial score (nSPS) is 27.6. The Morgan fingerprint density at radius 3 is 2.53 bits per heavy atom. The Labute approximate surface area is 262 Å². The van der Waals surface area contributed by atoms with Gasteiger partial charge in [0.25, 0.3) is 5.91 Å². The number of nitrogens with zero attached hydrogens (tertiary/aromatic N) is 3. The second-order valence-corrected chi connectivity index (χ2v) is 15.5. The summed E-state index contributed by atoms with van der Waals surface area (Å²) in [6, 6.07) is 5.42. The Bertz CT molecular complexity index is 1730. The molecule has 5 heterocycles. The summed E-state index contributed by atoms with van der Waals surface area (Å²) in [6.45, 7) is 0.723. The molecule has 3 saturated heterocycles. The molecule has 2 aromatic heterocycles. The molecule has 1 aliphatic carbocycles. The van der Waals surface area contributed by atoms with E-state index in [0.29, 0.717) is 59.8 Å². The molecular formula is C31H33F2N4O6PS. The van der Waals surface area contributed by atoms with Crippen molar-refractivity contribution in [3.63, 3.8) is 0 Å². The highest BCUT2D eigenvalue weighted by Crippen LogP contribution is 2.53. The minimum atomic E-state index is -4.99. The van der Waals surface area contributed by atoms with Crippen molar-refractivity contribution in [1.82, 2.24) is 20.1 Å². The number of amides is 3. The van der Waals surface area contributed by atoms with Gasteiger partial charge in [0.05, 0.1) is 4.88 Å². The fourth-order valence-electron chi connectivity index (χ4n) is 7.50. The number of halogens is 2. The Hall–Kier alpha value is -3.25. The predicted octanol–water partition coefficient (Wildman–Crippen LogP) is 4.49. The number of carbonyl (C=O) groups is 3. The van der Waals surface area contributed by atoms with E-state index >= 15 is 0 Å². The van der Waals surface area contributed by atoms with Crippen molar-refractivity contribution in [2.45, 2.75) is 68.5 Å². The van der Waals surface area contributed by atoms with Crippen molar-refractivity contribution in [2.75, 3.05) is 13.1 Å². The van der Waals surface area contributed by atoms with E-state index in [-0.39, 0.29) is 40.0 Å². The van der Waals surface area contributed by atoms with Crippen LogP contribution >= 0.6 is 18.9 Å². The summed E-state index contributed by atoms with van der Waals surface area (Å²) in [6.07, 6.45) is 7.49. The molecule has 1 saturated carbocycles. The van der Waals surface area contributed by atoms with Crippen LogP contribution in [0.4, 0.5) is 8.78 Å². The van der Waals surface area contributed by atoms with E-state index in [1.54, 1.807) is 9.80 Å². The molecule has 238 valence electrons. The number of pyridine rings is 1. The van der Waals surface area contributed by atoms with E-state index < -0.39 is 31.5 Å². The number of nitrogens with one attached hydrogen (secondary N) is 1. The number of thiophene rings is 1. The summed E-state index contributed by atoms with van der Waals surface area (Å²) in [7, 11) is -4.99. The van der Waals surface area contributed by atoms with Gasteiger partial charge in [0.2, 0.25) is 17.7 Å². The molecule has 3 N–H and O–H groups in total. The van der Waals surface area contributed by atoms with Crippen molar-refractivity contribution in [3.05, 3.63) is 64.5 Å². The van der Waals surface area contributed by atoms with Gasteiger partial charge in [-0.3, -0.25) is 23.9 Å². The molecule has 0 spiro atoms. The number of hydrogen-bond donors (Lipinski definition) is 3. The zero-order chi connectivity index (χ0) is 31.6. The smallest absolute Gasteiger partial charge is 0.340 e. The zero-order valence-electron chi connectivity index (χ0n) is 24.2.